The van der Waals surface area contributed by atoms with Gasteiger partial charge < -0.3 is 5.11 Å². The summed E-state index contributed by atoms with van der Waals surface area (Å²) in [5, 5.41) is 11.9. The van der Waals surface area contributed by atoms with Gasteiger partial charge in [-0.2, -0.15) is 0 Å². The second-order valence-corrected chi connectivity index (χ2v) is 3.58. The molecule has 1 heterocycles. The molecule has 0 aliphatic rings. The molecule has 0 fully saturated rings. The smallest absolute Gasteiger partial charge is 0.159 e. The lowest BCUT2D eigenvalue weighted by atomic mass is 10.1. The van der Waals surface area contributed by atoms with E-state index in [-0.39, 0.29) is 0 Å². The zero-order valence-electron chi connectivity index (χ0n) is 6.37. The molecule has 0 aliphatic carbocycles. The first-order chi connectivity index (χ1) is 5.06. The molecule has 60 valence electrons. The molecule has 3 nitrogen and oxygen atoms in total. The number of aryl methyl sites for hydroxylation is 1. The molecule has 4 heteroatoms. The molecule has 0 amide bonds. The van der Waals surface area contributed by atoms with E-state index in [2.05, 4.69) is 4.98 Å². The van der Waals surface area contributed by atoms with Crippen LogP contribution in [-0.2, 0) is 10.4 Å². The molecule has 0 radical (unpaired) electrons. The van der Waals surface area contributed by atoms with E-state index in [0.29, 0.717) is 12.0 Å². The van der Waals surface area contributed by atoms with Crippen LogP contribution in [0, 0.1) is 6.92 Å². The Balaban J connectivity index is 3.01. The first-order valence-corrected chi connectivity index (χ1v) is 4.05. The number of hydrogen-bond acceptors (Lipinski definition) is 4. The molecular weight excluding hydrogens is 162 g/mol. The fourth-order valence-electron chi connectivity index (χ4n) is 0.656. The summed E-state index contributed by atoms with van der Waals surface area (Å²) in [5.74, 6) is 0. The van der Waals surface area contributed by atoms with Gasteiger partial charge >= 0.3 is 0 Å². The number of aliphatic hydroxyl groups is 1. The minimum atomic E-state index is -1.43. The number of hydrogen-bond donors (Lipinski definition) is 1. The molecule has 1 atom stereocenters. The van der Waals surface area contributed by atoms with Crippen LogP contribution >= 0.6 is 11.3 Å². The first-order valence-electron chi connectivity index (χ1n) is 3.17. The molecule has 1 rings (SSSR count). The van der Waals surface area contributed by atoms with Crippen molar-refractivity contribution >= 4 is 17.6 Å². The third kappa shape index (κ3) is 1.64. The van der Waals surface area contributed by atoms with Crippen molar-refractivity contribution in [2.45, 2.75) is 19.4 Å². The summed E-state index contributed by atoms with van der Waals surface area (Å²) in [6, 6.07) is 0. The molecule has 0 aromatic carbocycles. The average Bonchev–Trinajstić information content (AvgIpc) is 2.36. The van der Waals surface area contributed by atoms with Crippen LogP contribution in [0.15, 0.2) is 5.38 Å². The summed E-state index contributed by atoms with van der Waals surface area (Å²) in [6.07, 6.45) is 0.488. The number of thiazole rings is 1. The van der Waals surface area contributed by atoms with Crippen molar-refractivity contribution in [2.24, 2.45) is 0 Å². The lowest BCUT2D eigenvalue weighted by Gasteiger charge is -2.10. The predicted molar refractivity (Wildman–Crippen MR) is 42.5 cm³/mol. The Morgan fingerprint density at radius 2 is 2.45 bits per heavy atom. The van der Waals surface area contributed by atoms with Crippen LogP contribution in [-0.4, -0.2) is 16.4 Å². The molecular formula is C7H9NO2S. The Labute approximate surface area is 68.7 Å². The Morgan fingerprint density at radius 3 is 2.82 bits per heavy atom. The van der Waals surface area contributed by atoms with Crippen LogP contribution in [0.1, 0.15) is 17.6 Å². The highest BCUT2D eigenvalue weighted by molar-refractivity contribution is 7.09. The average molecular weight is 171 g/mol. The summed E-state index contributed by atoms with van der Waals surface area (Å²) in [4.78, 5) is 14.3. The van der Waals surface area contributed by atoms with Gasteiger partial charge in [0.15, 0.2) is 11.9 Å². The van der Waals surface area contributed by atoms with Gasteiger partial charge in [-0.25, -0.2) is 4.98 Å². The van der Waals surface area contributed by atoms with E-state index in [1.807, 2.05) is 6.92 Å². The molecule has 11 heavy (non-hydrogen) atoms. The number of carbonyl (C=O) groups excluding carboxylic acids is 1. The quantitative estimate of drug-likeness (QED) is 0.671. The molecule has 1 aromatic rings. The predicted octanol–water partition coefficient (Wildman–Crippen LogP) is 0.858. The van der Waals surface area contributed by atoms with Crippen molar-refractivity contribution < 1.29 is 9.90 Å². The molecule has 1 N–H and O–H groups in total. The normalized spacial score (nSPS) is 15.9. The zero-order valence-corrected chi connectivity index (χ0v) is 7.18. The van der Waals surface area contributed by atoms with Gasteiger partial charge in [0.25, 0.3) is 0 Å². The van der Waals surface area contributed by atoms with Gasteiger partial charge in [-0.05, 0) is 13.8 Å². The van der Waals surface area contributed by atoms with E-state index in [4.69, 9.17) is 0 Å². The molecule has 1 aromatic heterocycles. The number of aldehydes is 1. The number of carbonyl (C=O) groups is 1. The van der Waals surface area contributed by atoms with Crippen molar-refractivity contribution in [2.75, 3.05) is 0 Å². The topological polar surface area (TPSA) is 50.2 Å². The van der Waals surface area contributed by atoms with Crippen molar-refractivity contribution in [1.29, 1.82) is 0 Å². The maximum atomic E-state index is 10.4. The Hall–Kier alpha value is -0.740. The number of nitrogens with zero attached hydrogens (tertiary/aromatic N) is 1. The highest BCUT2D eigenvalue weighted by atomic mass is 32.1. The molecule has 0 bridgehead atoms. The van der Waals surface area contributed by atoms with Crippen LogP contribution in [0.25, 0.3) is 0 Å². The van der Waals surface area contributed by atoms with Crippen molar-refractivity contribution in [1.82, 2.24) is 4.98 Å². The second kappa shape index (κ2) is 2.71. The fourth-order valence-corrected chi connectivity index (χ4v) is 1.38. The molecule has 0 aliphatic heterocycles. The summed E-state index contributed by atoms with van der Waals surface area (Å²) in [5.41, 5.74) is -1.000. The third-order valence-corrected chi connectivity index (χ3v) is 2.14. The van der Waals surface area contributed by atoms with Gasteiger partial charge in [0, 0.05) is 5.38 Å². The molecule has 0 saturated carbocycles. The van der Waals surface area contributed by atoms with E-state index in [9.17, 15) is 9.90 Å². The lowest BCUT2D eigenvalue weighted by molar-refractivity contribution is -0.123. The third-order valence-electron chi connectivity index (χ3n) is 1.37. The van der Waals surface area contributed by atoms with E-state index in [1.54, 1.807) is 5.38 Å². The van der Waals surface area contributed by atoms with Gasteiger partial charge in [0.05, 0.1) is 10.7 Å². The minimum absolute atomic E-state index is 0.426. The van der Waals surface area contributed by atoms with Gasteiger partial charge in [0.1, 0.15) is 0 Å². The number of aromatic nitrogens is 1. The maximum Gasteiger partial charge on any atom is 0.159 e. The lowest BCUT2D eigenvalue weighted by Crippen LogP contribution is -2.23. The Bertz CT molecular complexity index is 267. The highest BCUT2D eigenvalue weighted by Crippen LogP contribution is 2.19. The van der Waals surface area contributed by atoms with Gasteiger partial charge in [0.2, 0.25) is 0 Å². The zero-order chi connectivity index (χ0) is 8.48. The first kappa shape index (κ1) is 8.36. The molecule has 1 unspecified atom stereocenters. The van der Waals surface area contributed by atoms with Crippen LogP contribution in [0.3, 0.4) is 0 Å². The van der Waals surface area contributed by atoms with Crippen LogP contribution in [0.2, 0.25) is 0 Å². The summed E-state index contributed by atoms with van der Waals surface area (Å²) in [6.45, 7) is 3.25. The SMILES string of the molecule is Cc1nc(C(C)(O)C=O)cs1. The van der Waals surface area contributed by atoms with Gasteiger partial charge in [-0.1, -0.05) is 0 Å². The Kier molecular flexibility index (Phi) is 2.06. The monoisotopic (exact) mass is 171 g/mol. The van der Waals surface area contributed by atoms with Crippen LogP contribution in [0.5, 0.6) is 0 Å². The van der Waals surface area contributed by atoms with Crippen molar-refractivity contribution in [3.05, 3.63) is 16.1 Å². The highest BCUT2D eigenvalue weighted by Gasteiger charge is 2.24. The Morgan fingerprint density at radius 1 is 1.82 bits per heavy atom. The molecule has 0 saturated heterocycles. The van der Waals surface area contributed by atoms with Gasteiger partial charge in [-0.15, -0.1) is 11.3 Å². The minimum Gasteiger partial charge on any atom is -0.376 e. The summed E-state index contributed by atoms with van der Waals surface area (Å²) >= 11 is 1.42. The standard InChI is InChI=1S/C7H9NO2S/c1-5-8-6(3-11-5)7(2,10)4-9/h3-4,10H,1-2H3. The summed E-state index contributed by atoms with van der Waals surface area (Å²) in [7, 11) is 0. The van der Waals surface area contributed by atoms with Crippen molar-refractivity contribution in [3.63, 3.8) is 0 Å². The van der Waals surface area contributed by atoms with Gasteiger partial charge in [-0.3, -0.25) is 4.79 Å². The summed E-state index contributed by atoms with van der Waals surface area (Å²) < 4.78 is 0. The van der Waals surface area contributed by atoms with Crippen LogP contribution in [0.4, 0.5) is 0 Å². The maximum absolute atomic E-state index is 10.4. The second-order valence-electron chi connectivity index (χ2n) is 2.52. The van der Waals surface area contributed by atoms with E-state index in [1.165, 1.54) is 18.3 Å². The largest absolute Gasteiger partial charge is 0.376 e. The van der Waals surface area contributed by atoms with E-state index >= 15 is 0 Å². The number of rotatable bonds is 2. The van der Waals surface area contributed by atoms with Crippen LogP contribution < -0.4 is 0 Å². The van der Waals surface area contributed by atoms with Crippen molar-refractivity contribution in [3.8, 4) is 0 Å². The van der Waals surface area contributed by atoms with E-state index < -0.39 is 5.60 Å². The van der Waals surface area contributed by atoms with E-state index in [0.717, 1.165) is 5.01 Å². The molecule has 0 spiro atoms. The fraction of sp³-hybridized carbons (Fsp3) is 0.429.